The van der Waals surface area contributed by atoms with Crippen LogP contribution in [0.15, 0.2) is 0 Å². The normalized spacial score (nSPS) is 20.5. The largest absolute Gasteiger partial charge is 0.371 e. The minimum Gasteiger partial charge on any atom is -0.371 e. The molecule has 1 aliphatic rings. The summed E-state index contributed by atoms with van der Waals surface area (Å²) < 4.78 is 5.07. The second-order valence-electron chi connectivity index (χ2n) is 2.79. The Bertz CT molecular complexity index is 143. The van der Waals surface area contributed by atoms with E-state index in [1.54, 1.807) is 14.2 Å². The third-order valence-electron chi connectivity index (χ3n) is 2.13. The highest BCUT2D eigenvalue weighted by Gasteiger charge is 2.31. The fourth-order valence-electron chi connectivity index (χ4n) is 1.26. The molecule has 1 rings (SSSR count). The minimum absolute atomic E-state index is 0.00870. The summed E-state index contributed by atoms with van der Waals surface area (Å²) >= 11 is 0. The predicted molar refractivity (Wildman–Crippen MR) is 41.9 cm³/mol. The van der Waals surface area contributed by atoms with E-state index in [4.69, 9.17) is 4.74 Å². The number of carbonyl (C=O) groups excluding carboxylic acids is 1. The number of carbonyl (C=O) groups is 1. The van der Waals surface area contributed by atoms with Crippen LogP contribution in [-0.2, 0) is 9.53 Å². The van der Waals surface area contributed by atoms with Gasteiger partial charge in [-0.3, -0.25) is 4.79 Å². The number of hydrogen-bond acceptors (Lipinski definition) is 2. The molecule has 1 fully saturated rings. The lowest BCUT2D eigenvalue weighted by Gasteiger charge is -2.30. The number of methoxy groups -OCH3 is 1. The lowest BCUT2D eigenvalue weighted by molar-refractivity contribution is -0.134. The molecule has 1 amide bonds. The third-order valence-corrected chi connectivity index (χ3v) is 2.13. The summed E-state index contributed by atoms with van der Waals surface area (Å²) in [5.41, 5.74) is 0. The fraction of sp³-hybridized carbons (Fsp3) is 0.750. The number of hydrogen-bond donors (Lipinski definition) is 1. The first-order chi connectivity index (χ1) is 5.29. The van der Waals surface area contributed by atoms with Crippen LogP contribution in [0, 0.1) is 12.3 Å². The molecule has 0 spiro atoms. The smallest absolute Gasteiger partial charge is 0.249 e. The van der Waals surface area contributed by atoms with Gasteiger partial charge in [-0.15, -0.1) is 0 Å². The summed E-state index contributed by atoms with van der Waals surface area (Å²) in [5, 5.41) is 2.59. The molecule has 11 heavy (non-hydrogen) atoms. The average Bonchev–Trinajstić information content (AvgIpc) is 1.94. The summed E-state index contributed by atoms with van der Waals surface area (Å²) in [6, 6.07) is 0. The number of amides is 1. The number of nitrogens with one attached hydrogen (secondary N) is 1. The van der Waals surface area contributed by atoms with E-state index in [1.165, 1.54) is 0 Å². The van der Waals surface area contributed by atoms with Crippen molar-refractivity contribution in [3.63, 3.8) is 0 Å². The predicted octanol–water partition coefficient (Wildman–Crippen LogP) is 0.362. The maximum Gasteiger partial charge on any atom is 0.249 e. The Morgan fingerprint density at radius 2 is 2.36 bits per heavy atom. The van der Waals surface area contributed by atoms with Gasteiger partial charge in [-0.25, -0.2) is 0 Å². The Hall–Kier alpha value is -0.570. The van der Waals surface area contributed by atoms with Gasteiger partial charge in [0.15, 0.2) is 0 Å². The van der Waals surface area contributed by atoms with E-state index in [9.17, 15) is 4.79 Å². The quantitative estimate of drug-likeness (QED) is 0.640. The van der Waals surface area contributed by atoms with Gasteiger partial charge < -0.3 is 10.1 Å². The molecule has 1 unspecified atom stereocenters. The second-order valence-corrected chi connectivity index (χ2v) is 2.79. The minimum atomic E-state index is -0.245. The maximum atomic E-state index is 11.1. The van der Waals surface area contributed by atoms with E-state index in [0.29, 0.717) is 5.92 Å². The summed E-state index contributed by atoms with van der Waals surface area (Å²) in [6.07, 6.45) is 3.93. The standard InChI is InChI=1S/C8H14NO2/c1-9-8(10)7(11-2)6-4-3-5-6/h3,6-7H,4-5H2,1-2H3,(H,9,10). The highest BCUT2D eigenvalue weighted by atomic mass is 16.5. The van der Waals surface area contributed by atoms with Crippen LogP contribution in [0.2, 0.25) is 0 Å². The lowest BCUT2D eigenvalue weighted by Crippen LogP contribution is -2.41. The summed E-state index contributed by atoms with van der Waals surface area (Å²) in [6.45, 7) is 0. The van der Waals surface area contributed by atoms with Crippen LogP contribution in [0.5, 0.6) is 0 Å². The number of ether oxygens (including phenoxy) is 1. The molecule has 1 radical (unpaired) electrons. The van der Waals surface area contributed by atoms with Crippen LogP contribution in [0.1, 0.15) is 12.8 Å². The molecule has 1 saturated carbocycles. The maximum absolute atomic E-state index is 11.1. The first-order valence-corrected chi connectivity index (χ1v) is 3.85. The van der Waals surface area contributed by atoms with Crippen LogP contribution in [0.25, 0.3) is 0 Å². The molecular weight excluding hydrogens is 142 g/mol. The molecule has 0 aromatic rings. The molecule has 1 aliphatic carbocycles. The van der Waals surface area contributed by atoms with Crippen molar-refractivity contribution in [1.29, 1.82) is 0 Å². The van der Waals surface area contributed by atoms with Gasteiger partial charge in [0, 0.05) is 14.2 Å². The molecule has 1 N–H and O–H groups in total. The Kier molecular flexibility index (Phi) is 2.88. The third kappa shape index (κ3) is 1.71. The van der Waals surface area contributed by atoms with Gasteiger partial charge in [-0.05, 0) is 25.2 Å². The topological polar surface area (TPSA) is 38.3 Å². The van der Waals surface area contributed by atoms with Gasteiger partial charge in [-0.2, -0.15) is 0 Å². The van der Waals surface area contributed by atoms with Gasteiger partial charge in [0.2, 0.25) is 5.91 Å². The van der Waals surface area contributed by atoms with E-state index >= 15 is 0 Å². The van der Waals surface area contributed by atoms with Crippen molar-refractivity contribution in [2.24, 2.45) is 5.92 Å². The van der Waals surface area contributed by atoms with Gasteiger partial charge in [0.05, 0.1) is 0 Å². The van der Waals surface area contributed by atoms with E-state index in [1.807, 2.05) is 0 Å². The van der Waals surface area contributed by atoms with Crippen LogP contribution >= 0.6 is 0 Å². The molecule has 0 aromatic heterocycles. The lowest BCUT2D eigenvalue weighted by atomic mass is 9.81. The molecule has 63 valence electrons. The van der Waals surface area contributed by atoms with E-state index in [-0.39, 0.29) is 12.0 Å². The molecule has 0 bridgehead atoms. The van der Waals surface area contributed by atoms with E-state index < -0.39 is 0 Å². The van der Waals surface area contributed by atoms with Crippen molar-refractivity contribution in [2.45, 2.75) is 18.9 Å². The summed E-state index contributed by atoms with van der Waals surface area (Å²) in [4.78, 5) is 11.1. The van der Waals surface area contributed by atoms with Crippen molar-refractivity contribution >= 4 is 5.91 Å². The van der Waals surface area contributed by atoms with Gasteiger partial charge in [0.25, 0.3) is 0 Å². The molecule has 1 atom stereocenters. The Labute approximate surface area is 67.1 Å². The SMILES string of the molecule is CNC(=O)C(OC)C1C[CH]C1. The second kappa shape index (κ2) is 3.72. The summed E-state index contributed by atoms with van der Waals surface area (Å²) in [5.74, 6) is 0.394. The first kappa shape index (κ1) is 8.53. The Balaban J connectivity index is 2.40. The Morgan fingerprint density at radius 1 is 1.73 bits per heavy atom. The molecule has 3 heteroatoms. The van der Waals surface area contributed by atoms with Crippen molar-refractivity contribution in [3.05, 3.63) is 6.42 Å². The van der Waals surface area contributed by atoms with Crippen molar-refractivity contribution in [1.82, 2.24) is 5.32 Å². The zero-order valence-electron chi connectivity index (χ0n) is 6.96. The highest BCUT2D eigenvalue weighted by molar-refractivity contribution is 5.80. The Morgan fingerprint density at radius 3 is 2.64 bits per heavy atom. The molecule has 0 heterocycles. The van der Waals surface area contributed by atoms with Crippen LogP contribution in [-0.4, -0.2) is 26.2 Å². The van der Waals surface area contributed by atoms with E-state index in [2.05, 4.69) is 11.7 Å². The van der Waals surface area contributed by atoms with Crippen LogP contribution in [0.4, 0.5) is 0 Å². The highest BCUT2D eigenvalue weighted by Crippen LogP contribution is 2.29. The number of rotatable bonds is 3. The molecule has 3 nitrogen and oxygen atoms in total. The van der Waals surface area contributed by atoms with E-state index in [0.717, 1.165) is 12.8 Å². The zero-order valence-corrected chi connectivity index (χ0v) is 6.96. The summed E-state index contributed by atoms with van der Waals surface area (Å²) in [7, 11) is 3.22. The van der Waals surface area contributed by atoms with Crippen LogP contribution < -0.4 is 5.32 Å². The van der Waals surface area contributed by atoms with Crippen molar-refractivity contribution in [2.75, 3.05) is 14.2 Å². The van der Waals surface area contributed by atoms with Gasteiger partial charge >= 0.3 is 0 Å². The average molecular weight is 156 g/mol. The molecule has 0 aromatic carbocycles. The first-order valence-electron chi connectivity index (χ1n) is 3.85. The zero-order chi connectivity index (χ0) is 8.27. The van der Waals surface area contributed by atoms with Gasteiger partial charge in [-0.1, -0.05) is 0 Å². The molecular formula is C8H14NO2. The molecule has 0 saturated heterocycles. The van der Waals surface area contributed by atoms with Crippen molar-refractivity contribution in [3.8, 4) is 0 Å². The van der Waals surface area contributed by atoms with Crippen molar-refractivity contribution < 1.29 is 9.53 Å². The number of likely N-dealkylation sites (N-methyl/N-ethyl adjacent to an activating group) is 1. The molecule has 0 aliphatic heterocycles. The fourth-order valence-corrected chi connectivity index (χ4v) is 1.26. The monoisotopic (exact) mass is 156 g/mol. The van der Waals surface area contributed by atoms with Crippen LogP contribution in [0.3, 0.4) is 0 Å². The van der Waals surface area contributed by atoms with Gasteiger partial charge in [0.1, 0.15) is 6.10 Å².